The van der Waals surface area contributed by atoms with Gasteiger partial charge in [-0.1, -0.05) is 27.4 Å². The van der Waals surface area contributed by atoms with Gasteiger partial charge in [-0.2, -0.15) is 0 Å². The van der Waals surface area contributed by atoms with E-state index in [1.54, 1.807) is 0 Å². The number of aliphatic carboxylic acids is 2. The summed E-state index contributed by atoms with van der Waals surface area (Å²) in [6, 6.07) is 0. The molecule has 4 fully saturated rings. The third-order valence-corrected chi connectivity index (χ3v) is 10.7. The van der Waals surface area contributed by atoms with E-state index >= 15 is 0 Å². The predicted molar refractivity (Wildman–Crippen MR) is 127 cm³/mol. The van der Waals surface area contributed by atoms with Crippen molar-refractivity contribution in [1.82, 2.24) is 0 Å². The quantitative estimate of drug-likeness (QED) is 0.343. The van der Waals surface area contributed by atoms with E-state index in [4.69, 9.17) is 0 Å². The van der Waals surface area contributed by atoms with Crippen LogP contribution in [0.3, 0.4) is 0 Å². The van der Waals surface area contributed by atoms with Crippen molar-refractivity contribution in [3.05, 3.63) is 12.2 Å². The van der Waals surface area contributed by atoms with E-state index in [-0.39, 0.29) is 78.2 Å². The van der Waals surface area contributed by atoms with Crippen LogP contribution in [0.5, 0.6) is 0 Å². The van der Waals surface area contributed by atoms with E-state index in [9.17, 15) is 35.1 Å². The fraction of sp³-hybridized carbons (Fsp3) is 0.857. The molecule has 0 amide bonds. The summed E-state index contributed by atoms with van der Waals surface area (Å²) in [6.45, 7) is 11.1. The van der Waals surface area contributed by atoms with Crippen LogP contribution in [0, 0.1) is 46.3 Å². The molecule has 3 N–H and O–H groups in total. The molecule has 0 bridgehead atoms. The van der Waals surface area contributed by atoms with Crippen molar-refractivity contribution in [3.63, 3.8) is 0 Å². The van der Waals surface area contributed by atoms with E-state index < -0.39 is 18.0 Å². The number of rotatable bonds is 5. The first kappa shape index (κ1) is 31.4. The Bertz CT molecular complexity index is 806. The second-order valence-electron chi connectivity index (χ2n) is 12.5. The number of hydrogen-bond donors (Lipinski definition) is 3. The molecule has 3 unspecified atom stereocenters. The van der Waals surface area contributed by atoms with Gasteiger partial charge in [-0.05, 0) is 117 Å². The van der Waals surface area contributed by atoms with Gasteiger partial charge in [-0.25, -0.2) is 0 Å². The average molecular weight is 558 g/mol. The standard InChI is InChI=1S/C24H40O5.C4H6O2.Zn/c1-13(4-7-21(28)29)16-5-6-17-22-18(12-20(27)24(16,17)3)23(2)9-8-15(25)10-14(23)11-19(22)26;1-3(2)4(5)6;/h13-20,22,25-27H,4-12H2,1-3H3,(H,28,29);1H2,2H3,(H,5,6);/q;;+2/p-2/t13-,14+,15-,16-,17?,18?,19-,20+,22?,23+,24-;;/m1../s1. The molecule has 0 heterocycles. The normalized spacial score (nSPS) is 43.9. The second kappa shape index (κ2) is 11.9. The first-order valence-corrected chi connectivity index (χ1v) is 13.3. The molecule has 7 nitrogen and oxygen atoms in total. The number of carbonyl (C=O) groups excluding carboxylic acids is 2. The minimum atomic E-state index is -1.19. The Morgan fingerprint density at radius 1 is 1.03 bits per heavy atom. The van der Waals surface area contributed by atoms with E-state index in [2.05, 4.69) is 27.4 Å². The largest absolute Gasteiger partial charge is 2.00 e. The topological polar surface area (TPSA) is 141 Å². The van der Waals surface area contributed by atoms with Gasteiger partial charge >= 0.3 is 19.5 Å². The van der Waals surface area contributed by atoms with E-state index in [0.717, 1.165) is 44.9 Å². The molecule has 4 aliphatic rings. The fourth-order valence-electron chi connectivity index (χ4n) is 8.68. The summed E-state index contributed by atoms with van der Waals surface area (Å²) in [5.41, 5.74) is -0.107. The number of carboxylic acid groups (broad SMARTS) is 2. The van der Waals surface area contributed by atoms with Gasteiger partial charge < -0.3 is 35.1 Å². The minimum Gasteiger partial charge on any atom is -0.550 e. The van der Waals surface area contributed by atoms with Crippen LogP contribution < -0.4 is 10.2 Å². The maximum Gasteiger partial charge on any atom is 2.00 e. The zero-order chi connectivity index (χ0) is 26.3. The Morgan fingerprint density at radius 3 is 2.19 bits per heavy atom. The van der Waals surface area contributed by atoms with Crippen molar-refractivity contribution in [2.75, 3.05) is 0 Å². The van der Waals surface area contributed by atoms with Crippen molar-refractivity contribution < 1.29 is 54.6 Å². The minimum absolute atomic E-state index is 0. The molecule has 8 heteroatoms. The molecule has 36 heavy (non-hydrogen) atoms. The van der Waals surface area contributed by atoms with Gasteiger partial charge in [0.1, 0.15) is 0 Å². The van der Waals surface area contributed by atoms with Crippen LogP contribution in [0.1, 0.15) is 85.5 Å². The third kappa shape index (κ3) is 5.77. The van der Waals surface area contributed by atoms with Gasteiger partial charge in [-0.3, -0.25) is 0 Å². The Kier molecular flexibility index (Phi) is 10.4. The molecule has 0 aromatic carbocycles. The van der Waals surface area contributed by atoms with Crippen LogP contribution in [-0.2, 0) is 29.1 Å². The number of fused-ring (bicyclic) bond motifs is 5. The molecule has 4 rings (SSSR count). The number of carboxylic acids is 2. The summed E-state index contributed by atoms with van der Waals surface area (Å²) < 4.78 is 0. The summed E-state index contributed by atoms with van der Waals surface area (Å²) in [6.07, 6.45) is 5.72. The molecule has 4 saturated carbocycles. The van der Waals surface area contributed by atoms with Crippen molar-refractivity contribution in [3.8, 4) is 0 Å². The summed E-state index contributed by atoms with van der Waals surface area (Å²) in [4.78, 5) is 20.4. The van der Waals surface area contributed by atoms with Crippen LogP contribution in [0.25, 0.3) is 0 Å². The second-order valence-corrected chi connectivity index (χ2v) is 12.5. The number of aliphatic hydroxyl groups is 3. The first-order chi connectivity index (χ1) is 16.2. The van der Waals surface area contributed by atoms with E-state index in [1.165, 1.54) is 6.92 Å². The molecule has 200 valence electrons. The molecular formula is C28H44O7Zn. The molecule has 11 atom stereocenters. The van der Waals surface area contributed by atoms with Crippen LogP contribution in [0.2, 0.25) is 0 Å². The molecule has 0 spiro atoms. The Hall–Kier alpha value is -0.817. The molecular weight excluding hydrogens is 514 g/mol. The number of carbonyl (C=O) groups is 2. The predicted octanol–water partition coefficient (Wildman–Crippen LogP) is 1.42. The summed E-state index contributed by atoms with van der Waals surface area (Å²) in [5, 5.41) is 53.3. The molecule has 0 saturated heterocycles. The summed E-state index contributed by atoms with van der Waals surface area (Å²) >= 11 is 0. The number of hydrogen-bond acceptors (Lipinski definition) is 7. The van der Waals surface area contributed by atoms with E-state index in [1.807, 2.05) is 0 Å². The van der Waals surface area contributed by atoms with Crippen molar-refractivity contribution in [2.45, 2.75) is 104 Å². The smallest absolute Gasteiger partial charge is 0.550 e. The van der Waals surface area contributed by atoms with Crippen LogP contribution in [0.4, 0.5) is 0 Å². The maximum absolute atomic E-state index is 11.5. The zero-order valence-corrected chi connectivity index (χ0v) is 25.4. The maximum atomic E-state index is 11.5. The first-order valence-electron chi connectivity index (χ1n) is 13.3. The zero-order valence-electron chi connectivity index (χ0n) is 22.4. The Balaban J connectivity index is 0.000000584. The molecule has 0 aliphatic heterocycles. The van der Waals surface area contributed by atoms with Gasteiger partial charge in [0.25, 0.3) is 0 Å². The summed E-state index contributed by atoms with van der Waals surface area (Å²) in [7, 11) is 0. The van der Waals surface area contributed by atoms with Gasteiger partial charge in [0.05, 0.1) is 24.3 Å². The molecule has 4 aliphatic carbocycles. The van der Waals surface area contributed by atoms with Crippen LogP contribution in [-0.4, -0.2) is 45.6 Å². The van der Waals surface area contributed by atoms with Gasteiger partial charge in [-0.15, -0.1) is 0 Å². The molecule has 0 aromatic rings. The van der Waals surface area contributed by atoms with Crippen LogP contribution >= 0.6 is 0 Å². The van der Waals surface area contributed by atoms with Gasteiger partial charge in [0.2, 0.25) is 0 Å². The summed E-state index contributed by atoms with van der Waals surface area (Å²) in [5.74, 6) is -0.550. The van der Waals surface area contributed by atoms with E-state index in [0.29, 0.717) is 18.3 Å². The molecule has 0 radical (unpaired) electrons. The monoisotopic (exact) mass is 556 g/mol. The molecule has 0 aromatic heterocycles. The Labute approximate surface area is 228 Å². The van der Waals surface area contributed by atoms with Gasteiger partial charge in [0, 0.05) is 5.97 Å². The Morgan fingerprint density at radius 2 is 1.64 bits per heavy atom. The average Bonchev–Trinajstić information content (AvgIpc) is 3.13. The SMILES string of the molecule is C=C(C)C(=O)[O-].C[C@H](CCC(=O)[O-])[C@H]1CCC2C3C(C[C@H](O)[C@@]21C)[C@@]1(C)CC[C@@H](O)C[C@H]1C[C@H]3O.[Zn+2]. The van der Waals surface area contributed by atoms with Crippen molar-refractivity contribution in [1.29, 1.82) is 0 Å². The van der Waals surface area contributed by atoms with Crippen molar-refractivity contribution in [2.24, 2.45) is 46.3 Å². The number of aliphatic hydroxyl groups excluding tert-OH is 3. The fourth-order valence-corrected chi connectivity index (χ4v) is 8.68. The van der Waals surface area contributed by atoms with Gasteiger partial charge in [0.15, 0.2) is 0 Å². The van der Waals surface area contributed by atoms with Crippen molar-refractivity contribution >= 4 is 11.9 Å². The van der Waals surface area contributed by atoms with Crippen LogP contribution in [0.15, 0.2) is 12.2 Å². The third-order valence-electron chi connectivity index (χ3n) is 10.7.